The lowest BCUT2D eigenvalue weighted by Crippen LogP contribution is -2.48. The molecular formula is C29H36F6O. The summed E-state index contributed by atoms with van der Waals surface area (Å²) in [7, 11) is 0. The predicted octanol–water partition coefficient (Wildman–Crippen LogP) is 9.75. The average Bonchev–Trinajstić information content (AvgIpc) is 2.84. The second kappa shape index (κ2) is 10.4. The van der Waals surface area contributed by atoms with Gasteiger partial charge in [-0.3, -0.25) is 0 Å². The fraction of sp³-hybridized carbons (Fsp3) is 0.655. The summed E-state index contributed by atoms with van der Waals surface area (Å²) in [6.07, 6.45) is 5.58. The zero-order valence-electron chi connectivity index (χ0n) is 21.0. The average molecular weight is 515 g/mol. The summed E-state index contributed by atoms with van der Waals surface area (Å²) < 4.78 is 93.9. The lowest BCUT2D eigenvalue weighted by molar-refractivity contribution is -0.268. The highest BCUT2D eigenvalue weighted by molar-refractivity contribution is 5.37. The first kappa shape index (κ1) is 27.1. The maximum Gasteiger partial charge on any atom is 0.426 e. The Morgan fingerprint density at radius 2 is 1.39 bits per heavy atom. The summed E-state index contributed by atoms with van der Waals surface area (Å²) in [6, 6.07) is 5.40. The van der Waals surface area contributed by atoms with Gasteiger partial charge in [-0.15, -0.1) is 0 Å². The molecule has 1 aromatic carbocycles. The van der Waals surface area contributed by atoms with Crippen LogP contribution in [0.1, 0.15) is 95.1 Å². The summed E-state index contributed by atoms with van der Waals surface area (Å²) in [5.74, 6) is -10.5. The SMILES string of the molecule is CCCC1CCC(C2=CC=C(OC(F)(F)c3ccc(C4CCC(C)CC4)cc3)C(F)(F)C2(F)F)CC1. The Morgan fingerprint density at radius 1 is 0.806 bits per heavy atom. The van der Waals surface area contributed by atoms with Crippen molar-refractivity contribution in [2.75, 3.05) is 0 Å². The van der Waals surface area contributed by atoms with Gasteiger partial charge in [-0.1, -0.05) is 57.7 Å². The number of alkyl halides is 6. The van der Waals surface area contributed by atoms with E-state index in [4.69, 9.17) is 0 Å². The van der Waals surface area contributed by atoms with Crippen LogP contribution in [0.25, 0.3) is 0 Å². The zero-order chi connectivity index (χ0) is 26.1. The Kier molecular flexibility index (Phi) is 7.87. The highest BCUT2D eigenvalue weighted by Crippen LogP contribution is 2.53. The predicted molar refractivity (Wildman–Crippen MR) is 128 cm³/mol. The Morgan fingerprint density at radius 3 is 1.97 bits per heavy atom. The number of hydrogen-bond acceptors (Lipinski definition) is 1. The van der Waals surface area contributed by atoms with Crippen LogP contribution in [-0.2, 0) is 10.8 Å². The van der Waals surface area contributed by atoms with Crippen LogP contribution in [0.5, 0.6) is 0 Å². The van der Waals surface area contributed by atoms with E-state index in [1.165, 1.54) is 0 Å². The lowest BCUT2D eigenvalue weighted by atomic mass is 9.73. The van der Waals surface area contributed by atoms with Gasteiger partial charge in [-0.25, -0.2) is 0 Å². The molecule has 0 atom stereocenters. The van der Waals surface area contributed by atoms with Crippen molar-refractivity contribution in [2.24, 2.45) is 17.8 Å². The van der Waals surface area contributed by atoms with Crippen molar-refractivity contribution in [2.45, 2.75) is 102 Å². The van der Waals surface area contributed by atoms with Crippen molar-refractivity contribution in [1.82, 2.24) is 0 Å². The second-order valence-corrected chi connectivity index (χ2v) is 11.0. The molecular weight excluding hydrogens is 478 g/mol. The molecule has 0 aromatic heterocycles. The molecule has 1 aromatic rings. The highest BCUT2D eigenvalue weighted by atomic mass is 19.3. The van der Waals surface area contributed by atoms with Crippen molar-refractivity contribution in [3.8, 4) is 0 Å². The minimum atomic E-state index is -4.86. The molecule has 3 aliphatic rings. The van der Waals surface area contributed by atoms with Gasteiger partial charge in [-0.05, 0) is 86.0 Å². The number of hydrogen-bond donors (Lipinski definition) is 0. The minimum absolute atomic E-state index is 0.273. The van der Waals surface area contributed by atoms with Crippen LogP contribution in [0, 0.1) is 17.8 Å². The molecule has 4 rings (SSSR count). The molecule has 0 bridgehead atoms. The van der Waals surface area contributed by atoms with Crippen molar-refractivity contribution >= 4 is 0 Å². The van der Waals surface area contributed by atoms with Gasteiger partial charge in [0.25, 0.3) is 0 Å². The Hall–Kier alpha value is -1.92. The van der Waals surface area contributed by atoms with Gasteiger partial charge in [0.1, 0.15) is 0 Å². The first-order chi connectivity index (χ1) is 17.0. The Labute approximate surface area is 210 Å². The highest BCUT2D eigenvalue weighted by Gasteiger charge is 2.65. The monoisotopic (exact) mass is 514 g/mol. The van der Waals surface area contributed by atoms with E-state index in [1.807, 2.05) is 0 Å². The molecule has 1 nitrogen and oxygen atoms in total. The standard InChI is InChI=1S/C29H36F6O/c1-3-4-20-7-11-23(12-8-20)25-17-18-26(28(32,33)27(25,30)31)36-29(34,35)24-15-13-22(14-16-24)21-9-5-19(2)6-10-21/h13-21,23H,3-12H2,1-2H3. The molecule has 0 heterocycles. The van der Waals surface area contributed by atoms with Crippen molar-refractivity contribution in [3.05, 3.63) is 58.9 Å². The quantitative estimate of drug-likeness (QED) is 0.329. The fourth-order valence-electron chi connectivity index (χ4n) is 6.11. The van der Waals surface area contributed by atoms with Gasteiger partial charge in [0, 0.05) is 5.57 Å². The van der Waals surface area contributed by atoms with E-state index < -0.39 is 40.8 Å². The van der Waals surface area contributed by atoms with Gasteiger partial charge < -0.3 is 4.74 Å². The van der Waals surface area contributed by atoms with Crippen LogP contribution in [0.2, 0.25) is 0 Å². The summed E-state index contributed by atoms with van der Waals surface area (Å²) in [6.45, 7) is 4.24. The van der Waals surface area contributed by atoms with Gasteiger partial charge in [0.15, 0.2) is 5.76 Å². The minimum Gasteiger partial charge on any atom is -0.427 e. The lowest BCUT2D eigenvalue weighted by Gasteiger charge is -2.39. The topological polar surface area (TPSA) is 9.23 Å². The maximum atomic E-state index is 15.0. The molecule has 36 heavy (non-hydrogen) atoms. The van der Waals surface area contributed by atoms with E-state index in [9.17, 15) is 17.6 Å². The molecule has 3 aliphatic carbocycles. The third-order valence-electron chi connectivity index (χ3n) is 8.44. The number of rotatable bonds is 7. The summed E-state index contributed by atoms with van der Waals surface area (Å²) in [5.41, 5.74) is -0.403. The van der Waals surface area contributed by atoms with E-state index in [2.05, 4.69) is 18.6 Å². The van der Waals surface area contributed by atoms with E-state index in [1.54, 1.807) is 12.1 Å². The molecule has 2 saturated carbocycles. The van der Waals surface area contributed by atoms with Gasteiger partial charge in [-0.2, -0.15) is 26.3 Å². The molecule has 2 fully saturated rings. The Bertz CT molecular complexity index is 948. The zero-order valence-corrected chi connectivity index (χ0v) is 21.0. The van der Waals surface area contributed by atoms with E-state index >= 15 is 8.78 Å². The number of ether oxygens (including phenoxy) is 1. The van der Waals surface area contributed by atoms with Crippen LogP contribution in [-0.4, -0.2) is 11.8 Å². The largest absolute Gasteiger partial charge is 0.427 e. The van der Waals surface area contributed by atoms with Crippen molar-refractivity contribution in [3.63, 3.8) is 0 Å². The molecule has 0 N–H and O–H groups in total. The Balaban J connectivity index is 1.49. The molecule has 0 unspecified atom stereocenters. The normalized spacial score (nSPS) is 30.3. The third-order valence-corrected chi connectivity index (χ3v) is 8.44. The molecule has 0 saturated heterocycles. The van der Waals surface area contributed by atoms with Crippen LogP contribution >= 0.6 is 0 Å². The summed E-state index contributed by atoms with van der Waals surface area (Å²) in [4.78, 5) is 0. The van der Waals surface area contributed by atoms with Gasteiger partial charge in [0.05, 0.1) is 5.56 Å². The third kappa shape index (κ3) is 5.35. The first-order valence-electron chi connectivity index (χ1n) is 13.3. The summed E-state index contributed by atoms with van der Waals surface area (Å²) >= 11 is 0. The molecule has 7 heteroatoms. The molecule has 0 amide bonds. The van der Waals surface area contributed by atoms with Gasteiger partial charge >= 0.3 is 18.0 Å². The summed E-state index contributed by atoms with van der Waals surface area (Å²) in [5, 5.41) is 0. The van der Waals surface area contributed by atoms with E-state index in [0.717, 1.165) is 62.3 Å². The molecule has 0 spiro atoms. The van der Waals surface area contributed by atoms with Crippen LogP contribution < -0.4 is 0 Å². The van der Waals surface area contributed by atoms with Gasteiger partial charge in [0.2, 0.25) is 0 Å². The molecule has 0 radical (unpaired) electrons. The first-order valence-corrected chi connectivity index (χ1v) is 13.3. The van der Waals surface area contributed by atoms with Crippen LogP contribution in [0.15, 0.2) is 47.7 Å². The van der Waals surface area contributed by atoms with Crippen molar-refractivity contribution < 1.29 is 31.1 Å². The van der Waals surface area contributed by atoms with Crippen molar-refractivity contribution in [1.29, 1.82) is 0 Å². The second-order valence-electron chi connectivity index (χ2n) is 11.0. The smallest absolute Gasteiger partial charge is 0.426 e. The van der Waals surface area contributed by atoms with Crippen LogP contribution in [0.4, 0.5) is 26.3 Å². The molecule has 200 valence electrons. The number of allylic oxidation sites excluding steroid dienone is 4. The van der Waals surface area contributed by atoms with E-state index in [0.29, 0.717) is 43.6 Å². The number of benzene rings is 1. The van der Waals surface area contributed by atoms with E-state index in [-0.39, 0.29) is 5.92 Å². The number of halogens is 6. The maximum absolute atomic E-state index is 15.0. The van der Waals surface area contributed by atoms with Crippen LogP contribution in [0.3, 0.4) is 0 Å². The molecule has 0 aliphatic heterocycles. The fourth-order valence-corrected chi connectivity index (χ4v) is 6.11.